The van der Waals surface area contributed by atoms with Crippen LogP contribution in [0.15, 0.2) is 12.2 Å². The van der Waals surface area contributed by atoms with Gasteiger partial charge in [0.15, 0.2) is 0 Å². The maximum absolute atomic E-state index is 11.6. The Morgan fingerprint density at radius 2 is 2.20 bits per heavy atom. The van der Waals surface area contributed by atoms with Gasteiger partial charge in [0.05, 0.1) is 0 Å². The van der Waals surface area contributed by atoms with Gasteiger partial charge in [-0.15, -0.1) is 0 Å². The molecule has 2 aliphatic rings. The number of hydrogen-bond donors (Lipinski definition) is 0. The minimum atomic E-state index is -0.171. The molecule has 2 rings (SSSR count). The predicted molar refractivity (Wildman–Crippen MR) is 59.4 cm³/mol. The van der Waals surface area contributed by atoms with E-state index < -0.39 is 0 Å². The Morgan fingerprint density at radius 3 is 2.87 bits per heavy atom. The first kappa shape index (κ1) is 10.7. The third kappa shape index (κ3) is 2.24. The van der Waals surface area contributed by atoms with Gasteiger partial charge in [0.2, 0.25) is 0 Å². The van der Waals surface area contributed by atoms with E-state index in [4.69, 9.17) is 4.74 Å². The quantitative estimate of drug-likeness (QED) is 0.526. The molecule has 15 heavy (non-hydrogen) atoms. The fourth-order valence-electron chi connectivity index (χ4n) is 2.91. The molecule has 0 aromatic rings. The standard InChI is InChI=1S/C13H20O2/c1-3-9(2)13(14)15-12-8-10-5-4-6-11(12)7-10/h10-12H,2-8H2,1H3. The van der Waals surface area contributed by atoms with Crippen LogP contribution in [0.2, 0.25) is 0 Å². The van der Waals surface area contributed by atoms with Gasteiger partial charge in [0.25, 0.3) is 0 Å². The monoisotopic (exact) mass is 208 g/mol. The molecule has 0 heterocycles. The van der Waals surface area contributed by atoms with E-state index in [2.05, 4.69) is 6.58 Å². The summed E-state index contributed by atoms with van der Waals surface area (Å²) in [6, 6.07) is 0. The minimum absolute atomic E-state index is 0.171. The zero-order valence-corrected chi connectivity index (χ0v) is 9.50. The highest BCUT2D eigenvalue weighted by molar-refractivity contribution is 5.87. The fourth-order valence-corrected chi connectivity index (χ4v) is 2.91. The first-order chi connectivity index (χ1) is 7.20. The molecule has 0 aromatic heterocycles. The van der Waals surface area contributed by atoms with Gasteiger partial charge in [0.1, 0.15) is 6.10 Å². The Bertz CT molecular complexity index is 270. The summed E-state index contributed by atoms with van der Waals surface area (Å²) in [6.07, 6.45) is 7.14. The van der Waals surface area contributed by atoms with E-state index in [1.807, 2.05) is 6.92 Å². The largest absolute Gasteiger partial charge is 0.459 e. The van der Waals surface area contributed by atoms with E-state index >= 15 is 0 Å². The average molecular weight is 208 g/mol. The van der Waals surface area contributed by atoms with Gasteiger partial charge in [-0.25, -0.2) is 4.79 Å². The molecule has 84 valence electrons. The molecular formula is C13H20O2. The molecule has 2 heteroatoms. The Balaban J connectivity index is 1.90. The molecule has 3 unspecified atom stereocenters. The van der Waals surface area contributed by atoms with E-state index in [1.165, 1.54) is 25.7 Å². The molecule has 0 radical (unpaired) electrons. The van der Waals surface area contributed by atoms with Crippen LogP contribution < -0.4 is 0 Å². The first-order valence-corrected chi connectivity index (χ1v) is 6.09. The van der Waals surface area contributed by atoms with Gasteiger partial charge in [0, 0.05) is 5.57 Å². The second-order valence-corrected chi connectivity index (χ2v) is 4.93. The summed E-state index contributed by atoms with van der Waals surface area (Å²) >= 11 is 0. The SMILES string of the molecule is C=C(CC)C(=O)OC1CC2CCCC1C2. The number of esters is 1. The van der Waals surface area contributed by atoms with E-state index in [0.29, 0.717) is 17.9 Å². The summed E-state index contributed by atoms with van der Waals surface area (Å²) < 4.78 is 5.54. The molecule has 0 N–H and O–H groups in total. The van der Waals surface area contributed by atoms with E-state index in [9.17, 15) is 4.79 Å². The van der Waals surface area contributed by atoms with Gasteiger partial charge < -0.3 is 4.74 Å². The molecule has 0 saturated heterocycles. The highest BCUT2D eigenvalue weighted by atomic mass is 16.5. The summed E-state index contributed by atoms with van der Waals surface area (Å²) in [5, 5.41) is 0. The molecule has 2 aliphatic carbocycles. The third-order valence-corrected chi connectivity index (χ3v) is 3.89. The average Bonchev–Trinajstić information content (AvgIpc) is 2.52. The summed E-state index contributed by atoms with van der Waals surface area (Å²) in [5.74, 6) is 1.28. The normalized spacial score (nSPS) is 33.8. The lowest BCUT2D eigenvalue weighted by Crippen LogP contribution is -2.22. The van der Waals surface area contributed by atoms with Crippen molar-refractivity contribution in [3.8, 4) is 0 Å². The Labute approximate surface area is 91.7 Å². The minimum Gasteiger partial charge on any atom is -0.459 e. The Kier molecular flexibility index (Phi) is 3.13. The number of rotatable bonds is 3. The van der Waals surface area contributed by atoms with Gasteiger partial charge in [-0.3, -0.25) is 0 Å². The van der Waals surface area contributed by atoms with Gasteiger partial charge in [-0.05, 0) is 37.5 Å². The van der Waals surface area contributed by atoms with Crippen LogP contribution >= 0.6 is 0 Å². The van der Waals surface area contributed by atoms with Crippen molar-refractivity contribution in [3.05, 3.63) is 12.2 Å². The van der Waals surface area contributed by atoms with Crippen molar-refractivity contribution in [1.29, 1.82) is 0 Å². The van der Waals surface area contributed by atoms with Crippen molar-refractivity contribution < 1.29 is 9.53 Å². The van der Waals surface area contributed by atoms with Crippen molar-refractivity contribution in [2.24, 2.45) is 11.8 Å². The van der Waals surface area contributed by atoms with Crippen molar-refractivity contribution in [2.75, 3.05) is 0 Å². The van der Waals surface area contributed by atoms with Crippen molar-refractivity contribution in [1.82, 2.24) is 0 Å². The number of fused-ring (bicyclic) bond motifs is 2. The van der Waals surface area contributed by atoms with Crippen LogP contribution in [0.1, 0.15) is 45.4 Å². The third-order valence-electron chi connectivity index (χ3n) is 3.89. The molecule has 2 nitrogen and oxygen atoms in total. The zero-order chi connectivity index (χ0) is 10.8. The number of hydrogen-bond acceptors (Lipinski definition) is 2. The van der Waals surface area contributed by atoms with Crippen molar-refractivity contribution >= 4 is 5.97 Å². The van der Waals surface area contributed by atoms with Crippen LogP contribution in [-0.4, -0.2) is 12.1 Å². The van der Waals surface area contributed by atoms with Crippen molar-refractivity contribution in [2.45, 2.75) is 51.6 Å². The zero-order valence-electron chi connectivity index (χ0n) is 9.50. The van der Waals surface area contributed by atoms with Crippen LogP contribution in [0, 0.1) is 11.8 Å². The Hall–Kier alpha value is -0.790. The molecule has 0 amide bonds. The Morgan fingerprint density at radius 1 is 1.40 bits per heavy atom. The highest BCUT2D eigenvalue weighted by Gasteiger charge is 2.39. The maximum atomic E-state index is 11.6. The topological polar surface area (TPSA) is 26.3 Å². The number of carbonyl (C=O) groups is 1. The van der Waals surface area contributed by atoms with E-state index in [1.54, 1.807) is 0 Å². The number of carbonyl (C=O) groups excluding carboxylic acids is 1. The van der Waals surface area contributed by atoms with Gasteiger partial charge in [-0.2, -0.15) is 0 Å². The number of ether oxygens (including phenoxy) is 1. The molecule has 0 spiro atoms. The van der Waals surface area contributed by atoms with Crippen molar-refractivity contribution in [3.63, 3.8) is 0 Å². The molecule has 0 aliphatic heterocycles. The molecule has 2 fully saturated rings. The summed E-state index contributed by atoms with van der Waals surface area (Å²) in [6.45, 7) is 5.67. The first-order valence-electron chi connectivity index (χ1n) is 6.09. The van der Waals surface area contributed by atoms with Crippen LogP contribution in [0.4, 0.5) is 0 Å². The fraction of sp³-hybridized carbons (Fsp3) is 0.769. The molecule has 3 atom stereocenters. The lowest BCUT2D eigenvalue weighted by Gasteiger charge is -2.21. The highest BCUT2D eigenvalue weighted by Crippen LogP contribution is 2.43. The summed E-state index contributed by atoms with van der Waals surface area (Å²) in [7, 11) is 0. The molecule has 2 bridgehead atoms. The van der Waals surface area contributed by atoms with Crippen LogP contribution in [0.25, 0.3) is 0 Å². The van der Waals surface area contributed by atoms with Crippen LogP contribution in [-0.2, 0) is 9.53 Å². The van der Waals surface area contributed by atoms with Gasteiger partial charge in [-0.1, -0.05) is 26.3 Å². The lowest BCUT2D eigenvalue weighted by atomic mass is 9.89. The summed E-state index contributed by atoms with van der Waals surface area (Å²) in [4.78, 5) is 11.6. The maximum Gasteiger partial charge on any atom is 0.333 e. The smallest absolute Gasteiger partial charge is 0.333 e. The lowest BCUT2D eigenvalue weighted by molar-refractivity contribution is -0.146. The molecule has 0 aromatic carbocycles. The van der Waals surface area contributed by atoms with E-state index in [-0.39, 0.29) is 12.1 Å². The molecule has 2 saturated carbocycles. The van der Waals surface area contributed by atoms with Gasteiger partial charge >= 0.3 is 5.97 Å². The van der Waals surface area contributed by atoms with Crippen LogP contribution in [0.5, 0.6) is 0 Å². The predicted octanol–water partition coefficient (Wildman–Crippen LogP) is 3.07. The molecular weight excluding hydrogens is 188 g/mol. The van der Waals surface area contributed by atoms with Crippen LogP contribution in [0.3, 0.4) is 0 Å². The second-order valence-electron chi connectivity index (χ2n) is 4.93. The second kappa shape index (κ2) is 4.38. The summed E-state index contributed by atoms with van der Waals surface area (Å²) in [5.41, 5.74) is 0.608. The van der Waals surface area contributed by atoms with E-state index in [0.717, 1.165) is 12.3 Å².